The van der Waals surface area contributed by atoms with Crippen molar-refractivity contribution in [3.63, 3.8) is 0 Å². The molecule has 0 radical (unpaired) electrons. The van der Waals surface area contributed by atoms with Crippen LogP contribution in [0.15, 0.2) is 91.1 Å². The Morgan fingerprint density at radius 3 is 2.33 bits per heavy atom. The summed E-state index contributed by atoms with van der Waals surface area (Å²) in [6, 6.07) is 25.8. The van der Waals surface area contributed by atoms with Crippen LogP contribution in [0, 0.1) is 0 Å². The van der Waals surface area contributed by atoms with Crippen LogP contribution in [0.25, 0.3) is 10.8 Å². The first-order chi connectivity index (χ1) is 13.2. The van der Waals surface area contributed by atoms with E-state index in [0.29, 0.717) is 18.0 Å². The molecule has 0 atom stereocenters. The van der Waals surface area contributed by atoms with E-state index in [1.165, 1.54) is 12.1 Å². The lowest BCUT2D eigenvalue weighted by Gasteiger charge is -2.08. The van der Waals surface area contributed by atoms with Crippen LogP contribution in [0.2, 0.25) is 0 Å². The van der Waals surface area contributed by atoms with Crippen LogP contribution in [0.5, 0.6) is 11.5 Å². The number of ether oxygens (including phenoxy) is 1. The number of aromatic hydroxyl groups is 1. The summed E-state index contributed by atoms with van der Waals surface area (Å²) in [5.41, 5.74) is 1.58. The second kappa shape index (κ2) is 7.30. The second-order valence-corrected chi connectivity index (χ2v) is 6.25. The van der Waals surface area contributed by atoms with Crippen LogP contribution < -0.4 is 9.30 Å². The van der Waals surface area contributed by atoms with Crippen molar-refractivity contribution in [3.05, 3.63) is 102 Å². The molecule has 0 unspecified atom stereocenters. The third kappa shape index (κ3) is 3.65. The maximum absolute atomic E-state index is 13.0. The highest BCUT2D eigenvalue weighted by molar-refractivity contribution is 6.01. The number of hydrogen-bond acceptors (Lipinski definition) is 3. The van der Waals surface area contributed by atoms with Crippen molar-refractivity contribution in [2.24, 2.45) is 0 Å². The molecular formula is C23H18NO3+. The van der Waals surface area contributed by atoms with Crippen LogP contribution in [0.1, 0.15) is 16.1 Å². The van der Waals surface area contributed by atoms with E-state index >= 15 is 0 Å². The number of rotatable bonds is 4. The van der Waals surface area contributed by atoms with Gasteiger partial charge in [-0.1, -0.05) is 48.5 Å². The van der Waals surface area contributed by atoms with Crippen molar-refractivity contribution < 1.29 is 19.2 Å². The van der Waals surface area contributed by atoms with Gasteiger partial charge in [0.1, 0.15) is 11.5 Å². The number of hydrogen-bond donors (Lipinski definition) is 1. The quantitative estimate of drug-likeness (QED) is 0.340. The molecule has 4 heteroatoms. The first kappa shape index (κ1) is 16.8. The number of benzene rings is 3. The Morgan fingerprint density at radius 2 is 1.56 bits per heavy atom. The number of aromatic nitrogens is 1. The molecule has 4 nitrogen and oxygen atoms in total. The van der Waals surface area contributed by atoms with E-state index in [2.05, 4.69) is 0 Å². The molecule has 0 aliphatic rings. The molecule has 132 valence electrons. The standard InChI is InChI=1S/C23H17NO3/c25-19-10-12-20(13-11-19)27-23(26)22-21-9-5-4-8-18(21)14-15-24(22)16-17-6-2-1-3-7-17/h1-15H,16H2/p+1. The van der Waals surface area contributed by atoms with Crippen LogP contribution >= 0.6 is 0 Å². The molecule has 0 amide bonds. The molecule has 0 bridgehead atoms. The molecule has 4 rings (SSSR count). The molecule has 0 saturated carbocycles. The summed E-state index contributed by atoms with van der Waals surface area (Å²) in [4.78, 5) is 13.0. The fourth-order valence-electron chi connectivity index (χ4n) is 3.07. The minimum absolute atomic E-state index is 0.124. The van der Waals surface area contributed by atoms with Crippen LogP contribution in [0.4, 0.5) is 0 Å². The van der Waals surface area contributed by atoms with E-state index in [0.717, 1.165) is 16.3 Å². The highest BCUT2D eigenvalue weighted by Crippen LogP contribution is 2.20. The van der Waals surface area contributed by atoms with Gasteiger partial charge in [0.2, 0.25) is 0 Å². The molecule has 0 aliphatic heterocycles. The molecule has 0 aliphatic carbocycles. The number of carbonyl (C=O) groups excluding carboxylic acids is 1. The zero-order valence-corrected chi connectivity index (χ0v) is 14.6. The Morgan fingerprint density at radius 1 is 0.852 bits per heavy atom. The SMILES string of the molecule is O=C(Oc1ccc(O)cc1)c1c2ccccc2cc[n+]1Cc1ccccc1. The highest BCUT2D eigenvalue weighted by atomic mass is 16.5. The van der Waals surface area contributed by atoms with Gasteiger partial charge >= 0.3 is 5.97 Å². The second-order valence-electron chi connectivity index (χ2n) is 6.25. The molecule has 1 N–H and O–H groups in total. The maximum atomic E-state index is 13.0. The smallest absolute Gasteiger partial charge is 0.409 e. The minimum atomic E-state index is -0.437. The molecule has 27 heavy (non-hydrogen) atoms. The summed E-state index contributed by atoms with van der Waals surface area (Å²) in [6.07, 6.45) is 1.91. The number of esters is 1. The zero-order valence-electron chi connectivity index (χ0n) is 14.6. The predicted molar refractivity (Wildman–Crippen MR) is 103 cm³/mol. The molecule has 1 aromatic heterocycles. The normalized spacial score (nSPS) is 10.7. The van der Waals surface area contributed by atoms with Gasteiger partial charge in [0, 0.05) is 11.6 Å². The fourth-order valence-corrected chi connectivity index (χ4v) is 3.07. The Labute approximate surface area is 156 Å². The molecule has 1 heterocycles. The van der Waals surface area contributed by atoms with E-state index in [1.807, 2.05) is 71.4 Å². The third-order valence-electron chi connectivity index (χ3n) is 4.37. The Kier molecular flexibility index (Phi) is 4.54. The molecule has 0 fully saturated rings. The zero-order chi connectivity index (χ0) is 18.6. The van der Waals surface area contributed by atoms with Gasteiger partial charge in [-0.05, 0) is 35.7 Å². The summed E-state index contributed by atoms with van der Waals surface area (Å²) < 4.78 is 7.47. The van der Waals surface area contributed by atoms with E-state index in [-0.39, 0.29) is 5.75 Å². The van der Waals surface area contributed by atoms with Gasteiger partial charge in [-0.2, -0.15) is 4.57 Å². The molecule has 0 saturated heterocycles. The average molecular weight is 356 g/mol. The topological polar surface area (TPSA) is 50.4 Å². The maximum Gasteiger partial charge on any atom is 0.409 e. The van der Waals surface area contributed by atoms with Crippen molar-refractivity contribution in [2.45, 2.75) is 6.54 Å². The Hall–Kier alpha value is -3.66. The van der Waals surface area contributed by atoms with Gasteiger partial charge in [0.25, 0.3) is 5.69 Å². The molecule has 0 spiro atoms. The Bertz CT molecular complexity index is 1090. The molecular weight excluding hydrogens is 338 g/mol. The number of carbonyl (C=O) groups is 1. The lowest BCUT2D eigenvalue weighted by molar-refractivity contribution is -0.689. The number of fused-ring (bicyclic) bond motifs is 1. The van der Waals surface area contributed by atoms with E-state index < -0.39 is 5.97 Å². The van der Waals surface area contributed by atoms with Gasteiger partial charge in [-0.15, -0.1) is 0 Å². The van der Waals surface area contributed by atoms with Crippen molar-refractivity contribution in [1.82, 2.24) is 0 Å². The largest absolute Gasteiger partial charge is 0.508 e. The number of phenolic OH excluding ortho intramolecular Hbond substituents is 1. The minimum Gasteiger partial charge on any atom is -0.508 e. The predicted octanol–water partition coefficient (Wildman–Crippen LogP) is 4.10. The summed E-state index contributed by atoms with van der Waals surface area (Å²) in [5.74, 6) is 0.0736. The average Bonchev–Trinajstić information content (AvgIpc) is 2.70. The van der Waals surface area contributed by atoms with Crippen molar-refractivity contribution in [3.8, 4) is 11.5 Å². The van der Waals surface area contributed by atoms with Crippen LogP contribution in [-0.2, 0) is 6.54 Å². The first-order valence-electron chi connectivity index (χ1n) is 8.67. The monoisotopic (exact) mass is 356 g/mol. The summed E-state index contributed by atoms with van der Waals surface area (Å²) in [5, 5.41) is 11.2. The van der Waals surface area contributed by atoms with E-state index in [1.54, 1.807) is 12.1 Å². The number of phenols is 1. The molecule has 4 aromatic rings. The number of pyridine rings is 1. The Balaban J connectivity index is 1.77. The van der Waals surface area contributed by atoms with Crippen LogP contribution in [0.3, 0.4) is 0 Å². The van der Waals surface area contributed by atoms with Gasteiger partial charge in [-0.25, -0.2) is 4.79 Å². The van der Waals surface area contributed by atoms with Crippen molar-refractivity contribution >= 4 is 16.7 Å². The van der Waals surface area contributed by atoms with Crippen molar-refractivity contribution in [1.29, 1.82) is 0 Å². The van der Waals surface area contributed by atoms with E-state index in [4.69, 9.17) is 4.74 Å². The summed E-state index contributed by atoms with van der Waals surface area (Å²) >= 11 is 0. The number of nitrogens with zero attached hydrogens (tertiary/aromatic N) is 1. The van der Waals surface area contributed by atoms with Crippen LogP contribution in [-0.4, -0.2) is 11.1 Å². The van der Waals surface area contributed by atoms with Gasteiger partial charge in [0.05, 0.1) is 5.39 Å². The van der Waals surface area contributed by atoms with Gasteiger partial charge in [-0.3, -0.25) is 0 Å². The fraction of sp³-hybridized carbons (Fsp3) is 0.0435. The summed E-state index contributed by atoms with van der Waals surface area (Å²) in [6.45, 7) is 0.561. The third-order valence-corrected chi connectivity index (χ3v) is 4.37. The first-order valence-corrected chi connectivity index (χ1v) is 8.67. The molecule has 3 aromatic carbocycles. The highest BCUT2D eigenvalue weighted by Gasteiger charge is 2.25. The summed E-state index contributed by atoms with van der Waals surface area (Å²) in [7, 11) is 0. The lowest BCUT2D eigenvalue weighted by atomic mass is 10.1. The van der Waals surface area contributed by atoms with Crippen molar-refractivity contribution in [2.75, 3.05) is 0 Å². The van der Waals surface area contributed by atoms with Gasteiger partial charge in [0.15, 0.2) is 12.7 Å². The van der Waals surface area contributed by atoms with Gasteiger partial charge < -0.3 is 9.84 Å². The van der Waals surface area contributed by atoms with E-state index in [9.17, 15) is 9.90 Å². The lowest BCUT2D eigenvalue weighted by Crippen LogP contribution is -2.42.